The van der Waals surface area contributed by atoms with Crippen molar-refractivity contribution in [3.8, 4) is 5.75 Å². The van der Waals surface area contributed by atoms with Crippen molar-refractivity contribution < 1.29 is 4.74 Å². The smallest absolute Gasteiger partial charge is 0.147 e. The molecule has 1 heterocycles. The SMILES string of the molecule is C=C(C=C(C)C)NC1=NC(c2ccc(Cl)cc2)Nc2cc(OC)ccc21.CCCCCC. The van der Waals surface area contributed by atoms with Crippen LogP contribution in [0.15, 0.2) is 71.4 Å². The monoisotopic (exact) mass is 453 g/mol. The van der Waals surface area contributed by atoms with Crippen LogP contribution in [0, 0.1) is 0 Å². The third kappa shape index (κ3) is 7.76. The highest BCUT2D eigenvalue weighted by atomic mass is 35.5. The van der Waals surface area contributed by atoms with Crippen molar-refractivity contribution in [3.05, 3.63) is 82.5 Å². The first-order valence-electron chi connectivity index (χ1n) is 11.3. The summed E-state index contributed by atoms with van der Waals surface area (Å²) in [6.07, 6.45) is 7.30. The lowest BCUT2D eigenvalue weighted by molar-refractivity contribution is 0.415. The normalized spacial score (nSPS) is 14.1. The van der Waals surface area contributed by atoms with E-state index in [0.29, 0.717) is 5.02 Å². The van der Waals surface area contributed by atoms with E-state index in [2.05, 4.69) is 31.1 Å². The number of allylic oxidation sites excluding steroid dienone is 2. The number of unbranched alkanes of at least 4 members (excludes halogenated alkanes) is 3. The maximum Gasteiger partial charge on any atom is 0.147 e. The largest absolute Gasteiger partial charge is 0.497 e. The van der Waals surface area contributed by atoms with Crippen LogP contribution in [0.3, 0.4) is 0 Å². The van der Waals surface area contributed by atoms with Crippen molar-refractivity contribution in [2.75, 3.05) is 12.4 Å². The number of aliphatic imine (C=N–C) groups is 1. The summed E-state index contributed by atoms with van der Waals surface area (Å²) in [4.78, 5) is 4.85. The number of hydrogen-bond donors (Lipinski definition) is 2. The van der Waals surface area contributed by atoms with Crippen molar-refractivity contribution in [2.45, 2.75) is 59.5 Å². The first-order chi connectivity index (χ1) is 15.4. The lowest BCUT2D eigenvalue weighted by Gasteiger charge is -2.27. The average Bonchev–Trinajstić information content (AvgIpc) is 2.77. The summed E-state index contributed by atoms with van der Waals surface area (Å²) < 4.78 is 5.36. The van der Waals surface area contributed by atoms with E-state index in [1.807, 2.05) is 62.4 Å². The standard InChI is InChI=1S/C21H22ClN3O.C6H14/c1-13(2)11-14(3)23-21-18-10-9-17(26-4)12-19(18)24-20(25-21)15-5-7-16(22)8-6-15;1-3-5-6-4-2/h5-12,20,24H,3H2,1-2,4H3,(H,23,25);3-6H2,1-2H3. The zero-order chi connectivity index (χ0) is 23.5. The maximum atomic E-state index is 6.01. The van der Waals surface area contributed by atoms with Gasteiger partial charge in [-0.05, 0) is 49.8 Å². The third-order valence-electron chi connectivity index (χ3n) is 4.92. The van der Waals surface area contributed by atoms with Gasteiger partial charge in [-0.15, -0.1) is 0 Å². The fourth-order valence-corrected chi connectivity index (χ4v) is 3.42. The van der Waals surface area contributed by atoms with E-state index in [4.69, 9.17) is 21.3 Å². The fraction of sp³-hybridized carbons (Fsp3) is 0.370. The second-order valence-corrected chi connectivity index (χ2v) is 8.50. The van der Waals surface area contributed by atoms with Gasteiger partial charge in [0.1, 0.15) is 17.8 Å². The zero-order valence-corrected chi connectivity index (χ0v) is 20.7. The van der Waals surface area contributed by atoms with Crippen molar-refractivity contribution in [1.29, 1.82) is 0 Å². The van der Waals surface area contributed by atoms with Gasteiger partial charge in [-0.25, -0.2) is 4.99 Å². The predicted octanol–water partition coefficient (Wildman–Crippen LogP) is 7.88. The number of amidine groups is 1. The Bertz CT molecular complexity index is 940. The molecule has 1 unspecified atom stereocenters. The van der Waals surface area contributed by atoms with Gasteiger partial charge in [0.05, 0.1) is 12.8 Å². The molecular weight excluding hydrogens is 418 g/mol. The molecule has 0 saturated heterocycles. The Hall–Kier alpha value is -2.72. The van der Waals surface area contributed by atoms with Gasteiger partial charge in [0, 0.05) is 22.3 Å². The van der Waals surface area contributed by atoms with Gasteiger partial charge in [0.25, 0.3) is 0 Å². The molecule has 2 aromatic rings. The van der Waals surface area contributed by atoms with E-state index in [1.54, 1.807) is 7.11 Å². The Labute approximate surface area is 198 Å². The van der Waals surface area contributed by atoms with Crippen LogP contribution in [-0.4, -0.2) is 12.9 Å². The van der Waals surface area contributed by atoms with E-state index in [9.17, 15) is 0 Å². The quantitative estimate of drug-likeness (QED) is 0.331. The molecule has 2 N–H and O–H groups in total. The molecule has 4 nitrogen and oxygen atoms in total. The highest BCUT2D eigenvalue weighted by Gasteiger charge is 2.22. The highest BCUT2D eigenvalue weighted by Crippen LogP contribution is 2.32. The molecule has 0 amide bonds. The summed E-state index contributed by atoms with van der Waals surface area (Å²) in [5, 5.41) is 7.48. The van der Waals surface area contributed by atoms with Crippen LogP contribution in [0.25, 0.3) is 0 Å². The molecule has 0 fully saturated rings. The molecule has 1 aliphatic rings. The first kappa shape index (κ1) is 25.5. The van der Waals surface area contributed by atoms with Crippen LogP contribution in [-0.2, 0) is 0 Å². The number of rotatable bonds is 7. The molecule has 0 aliphatic carbocycles. The summed E-state index contributed by atoms with van der Waals surface area (Å²) in [6, 6.07) is 13.5. The van der Waals surface area contributed by atoms with E-state index in [-0.39, 0.29) is 6.17 Å². The number of methoxy groups -OCH3 is 1. The minimum absolute atomic E-state index is 0.228. The topological polar surface area (TPSA) is 45.7 Å². The molecular formula is C27H36ClN3O. The molecule has 5 heteroatoms. The van der Waals surface area contributed by atoms with Crippen LogP contribution in [0.5, 0.6) is 5.75 Å². The van der Waals surface area contributed by atoms with Crippen molar-refractivity contribution in [2.24, 2.45) is 4.99 Å². The maximum absolute atomic E-state index is 6.01. The summed E-state index contributed by atoms with van der Waals surface area (Å²) in [6.45, 7) is 12.6. The van der Waals surface area contributed by atoms with Gasteiger partial charge >= 0.3 is 0 Å². The zero-order valence-electron chi connectivity index (χ0n) is 20.0. The number of nitrogens with zero attached hydrogens (tertiary/aromatic N) is 1. The van der Waals surface area contributed by atoms with Gasteiger partial charge in [-0.2, -0.15) is 0 Å². The van der Waals surface area contributed by atoms with Gasteiger partial charge in [-0.1, -0.05) is 75.4 Å². The molecule has 32 heavy (non-hydrogen) atoms. The van der Waals surface area contributed by atoms with Crippen LogP contribution < -0.4 is 15.4 Å². The lowest BCUT2D eigenvalue weighted by atomic mass is 10.1. The Morgan fingerprint density at radius 3 is 2.34 bits per heavy atom. The number of hydrogen-bond acceptors (Lipinski definition) is 4. The molecule has 3 rings (SSSR count). The summed E-state index contributed by atoms with van der Waals surface area (Å²) in [5.74, 6) is 1.55. The van der Waals surface area contributed by atoms with E-state index in [1.165, 1.54) is 31.3 Å². The Balaban J connectivity index is 0.000000534. The lowest BCUT2D eigenvalue weighted by Crippen LogP contribution is -2.29. The van der Waals surface area contributed by atoms with Gasteiger partial charge < -0.3 is 15.4 Å². The van der Waals surface area contributed by atoms with E-state index in [0.717, 1.165) is 34.1 Å². The van der Waals surface area contributed by atoms with Crippen molar-refractivity contribution in [3.63, 3.8) is 0 Å². The molecule has 0 bridgehead atoms. The molecule has 0 aromatic heterocycles. The van der Waals surface area contributed by atoms with Crippen LogP contribution in [0.2, 0.25) is 5.02 Å². The second kappa shape index (κ2) is 13.0. The van der Waals surface area contributed by atoms with E-state index >= 15 is 0 Å². The summed E-state index contributed by atoms with van der Waals surface area (Å²) >= 11 is 6.01. The molecule has 2 aromatic carbocycles. The number of benzene rings is 2. The third-order valence-corrected chi connectivity index (χ3v) is 5.17. The minimum Gasteiger partial charge on any atom is -0.497 e. The fourth-order valence-electron chi connectivity index (χ4n) is 3.29. The molecule has 0 radical (unpaired) electrons. The first-order valence-corrected chi connectivity index (χ1v) is 11.6. The average molecular weight is 454 g/mol. The number of ether oxygens (including phenoxy) is 1. The van der Waals surface area contributed by atoms with Crippen LogP contribution in [0.1, 0.15) is 70.7 Å². The van der Waals surface area contributed by atoms with E-state index < -0.39 is 0 Å². The van der Waals surface area contributed by atoms with Gasteiger partial charge in [-0.3, -0.25) is 0 Å². The molecule has 0 spiro atoms. The van der Waals surface area contributed by atoms with Gasteiger partial charge in [0.15, 0.2) is 0 Å². The Morgan fingerprint density at radius 1 is 1.12 bits per heavy atom. The number of anilines is 1. The highest BCUT2D eigenvalue weighted by molar-refractivity contribution is 6.30. The minimum atomic E-state index is -0.228. The van der Waals surface area contributed by atoms with Gasteiger partial charge in [0.2, 0.25) is 0 Å². The molecule has 0 saturated carbocycles. The summed E-state index contributed by atoms with van der Waals surface area (Å²) in [5.41, 5.74) is 4.91. The summed E-state index contributed by atoms with van der Waals surface area (Å²) in [7, 11) is 1.66. The Kier molecular flexibility index (Phi) is 10.4. The number of fused-ring (bicyclic) bond motifs is 1. The molecule has 172 valence electrons. The molecule has 1 atom stereocenters. The predicted molar refractivity (Wildman–Crippen MR) is 139 cm³/mol. The molecule has 1 aliphatic heterocycles. The van der Waals surface area contributed by atoms with Crippen molar-refractivity contribution >= 4 is 23.1 Å². The number of halogens is 1. The Morgan fingerprint density at radius 2 is 1.78 bits per heavy atom. The number of nitrogens with one attached hydrogen (secondary N) is 2. The van der Waals surface area contributed by atoms with Crippen LogP contribution >= 0.6 is 11.6 Å². The van der Waals surface area contributed by atoms with Crippen LogP contribution in [0.4, 0.5) is 5.69 Å². The second-order valence-electron chi connectivity index (χ2n) is 8.07. The van der Waals surface area contributed by atoms with Crippen molar-refractivity contribution in [1.82, 2.24) is 5.32 Å².